The van der Waals surface area contributed by atoms with E-state index in [4.69, 9.17) is 0 Å². The molecule has 1 aliphatic heterocycles. The number of piperidine rings is 1. The molecule has 0 radical (unpaired) electrons. The molecule has 1 aliphatic rings. The number of benzene rings is 2. The molecule has 2 atom stereocenters. The predicted molar refractivity (Wildman–Crippen MR) is 145 cm³/mol. The summed E-state index contributed by atoms with van der Waals surface area (Å²) in [5.74, 6) is 0. The molecule has 2 heteroatoms. The van der Waals surface area contributed by atoms with Gasteiger partial charge in [0, 0.05) is 30.9 Å². The van der Waals surface area contributed by atoms with E-state index in [0.29, 0.717) is 6.04 Å². The van der Waals surface area contributed by atoms with Gasteiger partial charge < -0.3 is 4.90 Å². The second-order valence-electron chi connectivity index (χ2n) is 10.2. The van der Waals surface area contributed by atoms with Crippen LogP contribution in [-0.4, -0.2) is 30.1 Å². The van der Waals surface area contributed by atoms with Crippen LogP contribution in [0.1, 0.15) is 96.5 Å². The van der Waals surface area contributed by atoms with Gasteiger partial charge in [0.25, 0.3) is 0 Å². The van der Waals surface area contributed by atoms with Gasteiger partial charge in [-0.05, 0) is 63.3 Å². The van der Waals surface area contributed by atoms with Gasteiger partial charge in [0.2, 0.25) is 0 Å². The van der Waals surface area contributed by atoms with Gasteiger partial charge in [0.1, 0.15) is 0 Å². The SMILES string of the molecule is CCCCCCCCC(C)N(CCCC1CCCCN1Cc1ccccc1)c1ccccc1. The molecule has 0 N–H and O–H groups in total. The van der Waals surface area contributed by atoms with E-state index < -0.39 is 0 Å². The molecule has 0 saturated carbocycles. The van der Waals surface area contributed by atoms with Crippen LogP contribution in [-0.2, 0) is 6.54 Å². The molecule has 1 saturated heterocycles. The Morgan fingerprint density at radius 1 is 0.848 bits per heavy atom. The molecule has 2 nitrogen and oxygen atoms in total. The maximum atomic E-state index is 2.76. The monoisotopic (exact) mass is 448 g/mol. The van der Waals surface area contributed by atoms with Crippen LogP contribution in [0, 0.1) is 0 Å². The van der Waals surface area contributed by atoms with E-state index in [-0.39, 0.29) is 0 Å². The lowest BCUT2D eigenvalue weighted by molar-refractivity contribution is 0.130. The third-order valence-electron chi connectivity index (χ3n) is 7.51. The fourth-order valence-corrected chi connectivity index (χ4v) is 5.51. The van der Waals surface area contributed by atoms with Crippen LogP contribution in [0.15, 0.2) is 60.7 Å². The maximum Gasteiger partial charge on any atom is 0.0368 e. The number of rotatable bonds is 15. The van der Waals surface area contributed by atoms with Crippen LogP contribution in [0.5, 0.6) is 0 Å². The van der Waals surface area contributed by atoms with Crippen molar-refractivity contribution in [3.63, 3.8) is 0 Å². The molecule has 0 spiro atoms. The maximum absolute atomic E-state index is 2.76. The Kier molecular flexibility index (Phi) is 11.9. The number of anilines is 1. The van der Waals surface area contributed by atoms with Crippen molar-refractivity contribution in [3.05, 3.63) is 66.2 Å². The van der Waals surface area contributed by atoms with Crippen LogP contribution in [0.2, 0.25) is 0 Å². The number of hydrogen-bond acceptors (Lipinski definition) is 2. The van der Waals surface area contributed by atoms with Crippen molar-refractivity contribution in [1.29, 1.82) is 0 Å². The van der Waals surface area contributed by atoms with Gasteiger partial charge in [0.05, 0.1) is 0 Å². The fraction of sp³-hybridized carbons (Fsp3) is 0.613. The van der Waals surface area contributed by atoms with Gasteiger partial charge in [-0.3, -0.25) is 4.90 Å². The predicted octanol–water partition coefficient (Wildman–Crippen LogP) is 8.47. The fourth-order valence-electron chi connectivity index (χ4n) is 5.51. The van der Waals surface area contributed by atoms with E-state index in [9.17, 15) is 0 Å². The van der Waals surface area contributed by atoms with Gasteiger partial charge in [-0.25, -0.2) is 0 Å². The third-order valence-corrected chi connectivity index (χ3v) is 7.51. The molecule has 1 fully saturated rings. The molecule has 0 amide bonds. The van der Waals surface area contributed by atoms with Crippen molar-refractivity contribution in [2.75, 3.05) is 18.0 Å². The molecule has 2 aromatic carbocycles. The molecule has 2 aromatic rings. The minimum atomic E-state index is 0.616. The normalized spacial score (nSPS) is 17.7. The van der Waals surface area contributed by atoms with Crippen molar-refractivity contribution in [2.24, 2.45) is 0 Å². The summed E-state index contributed by atoms with van der Waals surface area (Å²) in [6.07, 6.45) is 16.3. The first-order chi connectivity index (χ1) is 16.3. The molecule has 2 unspecified atom stereocenters. The van der Waals surface area contributed by atoms with E-state index in [1.807, 2.05) is 0 Å². The summed E-state index contributed by atoms with van der Waals surface area (Å²) in [7, 11) is 0. The Morgan fingerprint density at radius 3 is 2.30 bits per heavy atom. The van der Waals surface area contributed by atoms with Crippen LogP contribution in [0.25, 0.3) is 0 Å². The summed E-state index contributed by atoms with van der Waals surface area (Å²) < 4.78 is 0. The van der Waals surface area contributed by atoms with Gasteiger partial charge in [-0.1, -0.05) is 100 Å². The van der Waals surface area contributed by atoms with Crippen molar-refractivity contribution in [3.8, 4) is 0 Å². The standard InChI is InChI=1S/C31H48N2/c1-3-4-5-6-7-10-18-28(2)33(31-22-13-9-14-23-31)26-17-24-30-21-15-16-25-32(30)27-29-19-11-8-12-20-29/h8-9,11-14,19-20,22-23,28,30H,3-7,10,15-18,21,24-27H2,1-2H3. The summed E-state index contributed by atoms with van der Waals surface area (Å²) in [5, 5.41) is 0. The number of para-hydroxylation sites is 1. The molecule has 3 rings (SSSR count). The summed E-state index contributed by atoms with van der Waals surface area (Å²) in [6, 6.07) is 23.6. The van der Waals surface area contributed by atoms with Crippen LogP contribution >= 0.6 is 0 Å². The zero-order valence-electron chi connectivity index (χ0n) is 21.4. The van der Waals surface area contributed by atoms with Crippen molar-refractivity contribution < 1.29 is 0 Å². The number of nitrogens with zero attached hydrogens (tertiary/aromatic N) is 2. The molecule has 1 heterocycles. The average molecular weight is 449 g/mol. The Balaban J connectivity index is 1.50. The lowest BCUT2D eigenvalue weighted by atomic mass is 9.96. The van der Waals surface area contributed by atoms with Gasteiger partial charge in [-0.15, -0.1) is 0 Å². The van der Waals surface area contributed by atoms with Gasteiger partial charge >= 0.3 is 0 Å². The number of hydrogen-bond donors (Lipinski definition) is 0. The lowest BCUT2D eigenvalue weighted by Crippen LogP contribution is -2.40. The van der Waals surface area contributed by atoms with Crippen molar-refractivity contribution in [2.45, 2.75) is 110 Å². The van der Waals surface area contributed by atoms with E-state index >= 15 is 0 Å². The largest absolute Gasteiger partial charge is 0.369 e. The minimum Gasteiger partial charge on any atom is -0.369 e. The first-order valence-corrected chi connectivity index (χ1v) is 13.9. The van der Waals surface area contributed by atoms with E-state index in [1.165, 1.54) is 101 Å². The lowest BCUT2D eigenvalue weighted by Gasteiger charge is -2.37. The Bertz CT molecular complexity index is 729. The third kappa shape index (κ3) is 9.16. The van der Waals surface area contributed by atoms with Crippen LogP contribution in [0.3, 0.4) is 0 Å². The number of likely N-dealkylation sites (tertiary alicyclic amines) is 1. The smallest absolute Gasteiger partial charge is 0.0368 e. The van der Waals surface area contributed by atoms with E-state index in [2.05, 4.69) is 84.3 Å². The second-order valence-corrected chi connectivity index (χ2v) is 10.2. The van der Waals surface area contributed by atoms with E-state index in [1.54, 1.807) is 0 Å². The highest BCUT2D eigenvalue weighted by molar-refractivity contribution is 5.46. The Labute approximate surface area is 204 Å². The summed E-state index contributed by atoms with van der Waals surface area (Å²) in [4.78, 5) is 5.45. The molecule has 0 bridgehead atoms. The van der Waals surface area contributed by atoms with Crippen LogP contribution < -0.4 is 4.90 Å². The highest BCUT2D eigenvalue weighted by atomic mass is 15.2. The number of unbranched alkanes of at least 4 members (excludes halogenated alkanes) is 5. The highest BCUT2D eigenvalue weighted by Crippen LogP contribution is 2.25. The quantitative estimate of drug-likeness (QED) is 0.252. The Morgan fingerprint density at radius 2 is 1.55 bits per heavy atom. The van der Waals surface area contributed by atoms with Crippen molar-refractivity contribution >= 4 is 5.69 Å². The molecule has 182 valence electrons. The molecule has 33 heavy (non-hydrogen) atoms. The molecular formula is C31H48N2. The topological polar surface area (TPSA) is 6.48 Å². The van der Waals surface area contributed by atoms with Gasteiger partial charge in [0.15, 0.2) is 0 Å². The highest BCUT2D eigenvalue weighted by Gasteiger charge is 2.23. The van der Waals surface area contributed by atoms with Gasteiger partial charge in [-0.2, -0.15) is 0 Å². The van der Waals surface area contributed by atoms with Crippen LogP contribution in [0.4, 0.5) is 5.69 Å². The molecule has 0 aromatic heterocycles. The first-order valence-electron chi connectivity index (χ1n) is 13.9. The van der Waals surface area contributed by atoms with Crippen molar-refractivity contribution in [1.82, 2.24) is 4.90 Å². The zero-order chi connectivity index (χ0) is 23.1. The molecular weight excluding hydrogens is 400 g/mol. The minimum absolute atomic E-state index is 0.616. The summed E-state index contributed by atoms with van der Waals surface area (Å²) in [5.41, 5.74) is 2.86. The first kappa shape index (κ1) is 25.8. The zero-order valence-corrected chi connectivity index (χ0v) is 21.4. The average Bonchev–Trinajstić information content (AvgIpc) is 2.86. The molecule has 0 aliphatic carbocycles. The summed E-state index contributed by atoms with van der Waals surface area (Å²) in [6.45, 7) is 8.30. The Hall–Kier alpha value is -1.80. The van der Waals surface area contributed by atoms with E-state index in [0.717, 1.165) is 12.6 Å². The second kappa shape index (κ2) is 15.2. The summed E-state index contributed by atoms with van der Waals surface area (Å²) >= 11 is 0.